The third-order valence-corrected chi connectivity index (χ3v) is 4.88. The average Bonchev–Trinajstić information content (AvgIpc) is 2.94. The van der Waals surface area contributed by atoms with E-state index in [1.807, 2.05) is 12.1 Å². The second kappa shape index (κ2) is 6.22. The summed E-state index contributed by atoms with van der Waals surface area (Å²) in [5.41, 5.74) is 2.20. The van der Waals surface area contributed by atoms with E-state index >= 15 is 0 Å². The average molecular weight is 310 g/mol. The van der Waals surface area contributed by atoms with Crippen LogP contribution in [-0.2, 0) is 4.74 Å². The second-order valence-electron chi connectivity index (χ2n) is 4.97. The van der Waals surface area contributed by atoms with Gasteiger partial charge in [-0.05, 0) is 29.9 Å². The van der Waals surface area contributed by atoms with E-state index in [1.54, 1.807) is 6.20 Å². The zero-order chi connectivity index (χ0) is 13.9. The van der Waals surface area contributed by atoms with E-state index < -0.39 is 6.10 Å². The van der Waals surface area contributed by atoms with Gasteiger partial charge in [0.1, 0.15) is 6.10 Å². The summed E-state index contributed by atoms with van der Waals surface area (Å²) < 4.78 is 5.84. The van der Waals surface area contributed by atoms with Crippen molar-refractivity contribution in [2.24, 2.45) is 0 Å². The lowest BCUT2D eigenvalue weighted by molar-refractivity contribution is 0.0853. The molecule has 1 saturated heterocycles. The molecule has 1 aliphatic heterocycles. The number of rotatable bonds is 3. The van der Waals surface area contributed by atoms with Crippen molar-refractivity contribution in [2.75, 3.05) is 13.2 Å². The van der Waals surface area contributed by atoms with Gasteiger partial charge in [0.2, 0.25) is 0 Å². The summed E-state index contributed by atoms with van der Waals surface area (Å²) in [6, 6.07) is 8.19. The molecular formula is C15H16ClNO2S. The number of aliphatic hydroxyl groups is 1. The van der Waals surface area contributed by atoms with E-state index in [2.05, 4.69) is 17.1 Å². The molecule has 0 amide bonds. The van der Waals surface area contributed by atoms with Crippen LogP contribution in [0.25, 0.3) is 0 Å². The van der Waals surface area contributed by atoms with Gasteiger partial charge in [-0.1, -0.05) is 35.9 Å². The topological polar surface area (TPSA) is 42.4 Å². The maximum absolute atomic E-state index is 10.3. The van der Waals surface area contributed by atoms with Crippen molar-refractivity contribution >= 4 is 22.9 Å². The Balaban J connectivity index is 1.75. The Morgan fingerprint density at radius 3 is 2.55 bits per heavy atom. The predicted octanol–water partition coefficient (Wildman–Crippen LogP) is 3.77. The first kappa shape index (κ1) is 14.0. The Morgan fingerprint density at radius 2 is 1.95 bits per heavy atom. The Bertz CT molecular complexity index is 564. The van der Waals surface area contributed by atoms with Crippen molar-refractivity contribution in [3.63, 3.8) is 0 Å². The SMILES string of the molecule is OC(c1ccc(C2CCOCC2)cc1)c1cnc(Cl)s1. The summed E-state index contributed by atoms with van der Waals surface area (Å²) >= 11 is 7.11. The van der Waals surface area contributed by atoms with Crippen LogP contribution in [0.3, 0.4) is 0 Å². The fourth-order valence-corrected chi connectivity index (χ4v) is 3.51. The molecule has 106 valence electrons. The fraction of sp³-hybridized carbons (Fsp3) is 0.400. The molecule has 2 heterocycles. The third kappa shape index (κ3) is 3.04. The zero-order valence-corrected chi connectivity index (χ0v) is 12.5. The third-order valence-electron chi connectivity index (χ3n) is 3.71. The highest BCUT2D eigenvalue weighted by molar-refractivity contribution is 7.15. The summed E-state index contributed by atoms with van der Waals surface area (Å²) in [6.07, 6.45) is 3.13. The van der Waals surface area contributed by atoms with E-state index in [9.17, 15) is 5.11 Å². The van der Waals surface area contributed by atoms with Crippen LogP contribution >= 0.6 is 22.9 Å². The molecule has 1 N–H and O–H groups in total. The van der Waals surface area contributed by atoms with Crippen molar-refractivity contribution in [2.45, 2.75) is 24.9 Å². The molecule has 20 heavy (non-hydrogen) atoms. The van der Waals surface area contributed by atoms with Gasteiger partial charge in [-0.2, -0.15) is 0 Å². The maximum atomic E-state index is 10.3. The van der Waals surface area contributed by atoms with Crippen LogP contribution < -0.4 is 0 Å². The molecule has 1 aromatic carbocycles. The van der Waals surface area contributed by atoms with Crippen LogP contribution in [-0.4, -0.2) is 23.3 Å². The Labute approximate surface area is 127 Å². The molecule has 1 unspecified atom stereocenters. The highest BCUT2D eigenvalue weighted by Gasteiger charge is 2.17. The summed E-state index contributed by atoms with van der Waals surface area (Å²) in [5, 5.41) is 10.3. The molecule has 1 atom stereocenters. The number of nitrogens with zero attached hydrogens (tertiary/aromatic N) is 1. The number of halogens is 1. The molecule has 0 spiro atoms. The van der Waals surface area contributed by atoms with E-state index in [0.29, 0.717) is 10.4 Å². The first-order valence-corrected chi connectivity index (χ1v) is 7.90. The van der Waals surface area contributed by atoms with Gasteiger partial charge in [0.25, 0.3) is 0 Å². The lowest BCUT2D eigenvalue weighted by atomic mass is 9.91. The Morgan fingerprint density at radius 1 is 1.25 bits per heavy atom. The second-order valence-corrected chi connectivity index (χ2v) is 6.62. The number of aromatic nitrogens is 1. The predicted molar refractivity (Wildman–Crippen MR) is 80.4 cm³/mol. The van der Waals surface area contributed by atoms with Crippen LogP contribution in [0.15, 0.2) is 30.5 Å². The quantitative estimate of drug-likeness (QED) is 0.938. The summed E-state index contributed by atoms with van der Waals surface area (Å²) in [6.45, 7) is 1.68. The number of hydrogen-bond donors (Lipinski definition) is 1. The van der Waals surface area contributed by atoms with E-state index in [0.717, 1.165) is 36.5 Å². The smallest absolute Gasteiger partial charge is 0.183 e. The standard InChI is InChI=1S/C15H16ClNO2S/c16-15-17-9-13(20-15)14(18)12-3-1-10(2-4-12)11-5-7-19-8-6-11/h1-4,9,11,14,18H,5-8H2. The molecule has 1 fully saturated rings. The van der Waals surface area contributed by atoms with Gasteiger partial charge in [-0.15, -0.1) is 11.3 Å². The van der Waals surface area contributed by atoms with E-state index in [-0.39, 0.29) is 0 Å². The van der Waals surface area contributed by atoms with Crippen LogP contribution in [0, 0.1) is 0 Å². The summed E-state index contributed by atoms with van der Waals surface area (Å²) in [5.74, 6) is 0.577. The molecular weight excluding hydrogens is 294 g/mol. The fourth-order valence-electron chi connectivity index (χ4n) is 2.54. The maximum Gasteiger partial charge on any atom is 0.183 e. The first-order chi connectivity index (χ1) is 9.74. The summed E-state index contributed by atoms with van der Waals surface area (Å²) in [4.78, 5) is 4.74. The van der Waals surface area contributed by atoms with Crippen LogP contribution in [0.1, 0.15) is 40.9 Å². The zero-order valence-electron chi connectivity index (χ0n) is 11.0. The van der Waals surface area contributed by atoms with Gasteiger partial charge in [-0.25, -0.2) is 4.98 Å². The Hall–Kier alpha value is -0.940. The number of thiazole rings is 1. The number of benzene rings is 1. The van der Waals surface area contributed by atoms with E-state index in [1.165, 1.54) is 16.9 Å². The largest absolute Gasteiger partial charge is 0.383 e. The molecule has 0 bridgehead atoms. The highest BCUT2D eigenvalue weighted by atomic mass is 35.5. The van der Waals surface area contributed by atoms with Crippen LogP contribution in [0.5, 0.6) is 0 Å². The number of aliphatic hydroxyl groups excluding tert-OH is 1. The van der Waals surface area contributed by atoms with Crippen LogP contribution in [0.4, 0.5) is 0 Å². The highest BCUT2D eigenvalue weighted by Crippen LogP contribution is 2.31. The molecule has 0 radical (unpaired) electrons. The molecule has 1 aromatic heterocycles. The Kier molecular flexibility index (Phi) is 4.36. The summed E-state index contributed by atoms with van der Waals surface area (Å²) in [7, 11) is 0. The monoisotopic (exact) mass is 309 g/mol. The molecule has 3 nitrogen and oxygen atoms in total. The van der Waals surface area contributed by atoms with Gasteiger partial charge in [-0.3, -0.25) is 0 Å². The molecule has 0 saturated carbocycles. The molecule has 5 heteroatoms. The lowest BCUT2D eigenvalue weighted by Crippen LogP contribution is -2.14. The van der Waals surface area contributed by atoms with Crippen LogP contribution in [0.2, 0.25) is 4.47 Å². The molecule has 0 aliphatic carbocycles. The van der Waals surface area contributed by atoms with E-state index in [4.69, 9.17) is 16.3 Å². The molecule has 2 aromatic rings. The van der Waals surface area contributed by atoms with Gasteiger partial charge >= 0.3 is 0 Å². The number of ether oxygens (including phenoxy) is 1. The minimum absolute atomic E-state index is 0.456. The van der Waals surface area contributed by atoms with Crippen molar-refractivity contribution < 1.29 is 9.84 Å². The normalized spacial score (nSPS) is 18.1. The lowest BCUT2D eigenvalue weighted by Gasteiger charge is -2.22. The molecule has 3 rings (SSSR count). The first-order valence-electron chi connectivity index (χ1n) is 6.71. The van der Waals surface area contributed by atoms with Gasteiger partial charge < -0.3 is 9.84 Å². The van der Waals surface area contributed by atoms with Gasteiger partial charge in [0, 0.05) is 19.4 Å². The van der Waals surface area contributed by atoms with Gasteiger partial charge in [0.05, 0.1) is 4.88 Å². The molecule has 1 aliphatic rings. The van der Waals surface area contributed by atoms with Crippen molar-refractivity contribution in [3.05, 3.63) is 50.9 Å². The van der Waals surface area contributed by atoms with Crippen molar-refractivity contribution in [3.8, 4) is 0 Å². The number of hydrogen-bond acceptors (Lipinski definition) is 4. The van der Waals surface area contributed by atoms with Crippen molar-refractivity contribution in [1.29, 1.82) is 0 Å². The van der Waals surface area contributed by atoms with Crippen molar-refractivity contribution in [1.82, 2.24) is 4.98 Å². The minimum atomic E-state index is -0.649. The van der Waals surface area contributed by atoms with Gasteiger partial charge in [0.15, 0.2) is 4.47 Å². The minimum Gasteiger partial charge on any atom is -0.383 e.